The summed E-state index contributed by atoms with van der Waals surface area (Å²) in [5.74, 6) is 1.52. The summed E-state index contributed by atoms with van der Waals surface area (Å²) in [5.41, 5.74) is 9.01. The minimum Gasteiger partial charge on any atom is -1.00 e. The molecule has 0 aliphatic rings. The number of rotatable bonds is 40. The van der Waals surface area contributed by atoms with Gasteiger partial charge in [0.1, 0.15) is 0 Å². The summed E-state index contributed by atoms with van der Waals surface area (Å²) in [6, 6.07) is 14.6. The maximum atomic E-state index is 2.49. The first-order chi connectivity index (χ1) is 29.3. The SMILES string of the molecule is CCCCCCCCCC(CCCCCCCC[N+](C)(C)CCC[N+](C)(C)CCCCCCCCC(CCCCCCCCC)c1cc(C)cc(C)c1)c1cc(C)cc(C)c1.[Br-].[Br-]. The highest BCUT2D eigenvalue weighted by Gasteiger charge is 2.20. The molecule has 0 fully saturated rings. The van der Waals surface area contributed by atoms with E-state index >= 15 is 0 Å². The summed E-state index contributed by atoms with van der Waals surface area (Å²) in [6.07, 6.45) is 43.6. The van der Waals surface area contributed by atoms with Gasteiger partial charge in [0, 0.05) is 6.42 Å². The van der Waals surface area contributed by atoms with Crippen molar-refractivity contribution in [1.29, 1.82) is 0 Å². The molecule has 0 aromatic heterocycles. The third-order valence-electron chi connectivity index (χ3n) is 14.4. The molecule has 63 heavy (non-hydrogen) atoms. The zero-order valence-electron chi connectivity index (χ0n) is 44.0. The Hall–Kier alpha value is -0.680. The van der Waals surface area contributed by atoms with Gasteiger partial charge in [0.05, 0.1) is 54.4 Å². The van der Waals surface area contributed by atoms with Gasteiger partial charge in [0.2, 0.25) is 0 Å². The molecule has 0 N–H and O–H groups in total. The van der Waals surface area contributed by atoms with Gasteiger partial charge in [-0.25, -0.2) is 0 Å². The smallest absolute Gasteiger partial charge is 0.0836 e. The highest BCUT2D eigenvalue weighted by atomic mass is 79.9. The van der Waals surface area contributed by atoms with E-state index < -0.39 is 0 Å². The van der Waals surface area contributed by atoms with Gasteiger partial charge in [-0.3, -0.25) is 0 Å². The molecule has 0 bridgehead atoms. The quantitative estimate of drug-likeness (QED) is 0.0461. The monoisotopic (exact) mass is 1000 g/mol. The Morgan fingerprint density at radius 3 is 0.794 bits per heavy atom. The second kappa shape index (κ2) is 38.3. The van der Waals surface area contributed by atoms with Crippen LogP contribution in [-0.4, -0.2) is 63.3 Å². The van der Waals surface area contributed by atoms with E-state index in [0.717, 1.165) is 11.8 Å². The maximum Gasteiger partial charge on any atom is 0.0836 e. The van der Waals surface area contributed by atoms with E-state index in [1.807, 2.05) is 0 Å². The van der Waals surface area contributed by atoms with Gasteiger partial charge in [-0.05, 0) is 102 Å². The normalized spacial score (nSPS) is 12.9. The van der Waals surface area contributed by atoms with E-state index in [2.05, 4.69) is 106 Å². The Balaban J connectivity index is 0.0000192. The molecule has 0 radical (unpaired) electrons. The Morgan fingerprint density at radius 2 is 0.524 bits per heavy atom. The van der Waals surface area contributed by atoms with Crippen LogP contribution in [0.25, 0.3) is 0 Å². The van der Waals surface area contributed by atoms with Gasteiger partial charge in [-0.1, -0.05) is 214 Å². The molecule has 0 amide bonds. The highest BCUT2D eigenvalue weighted by Crippen LogP contribution is 2.32. The zero-order chi connectivity index (χ0) is 44.6. The number of nitrogens with zero attached hydrogens (tertiary/aromatic N) is 2. The first kappa shape index (κ1) is 62.3. The number of benzene rings is 2. The van der Waals surface area contributed by atoms with Crippen molar-refractivity contribution in [2.75, 3.05) is 54.4 Å². The zero-order valence-corrected chi connectivity index (χ0v) is 47.2. The molecular formula is C59H108Br2N2. The third-order valence-corrected chi connectivity index (χ3v) is 14.4. The number of aryl methyl sites for hydroxylation is 4. The average molecular weight is 1010 g/mol. The van der Waals surface area contributed by atoms with Crippen LogP contribution >= 0.6 is 0 Å². The predicted molar refractivity (Wildman–Crippen MR) is 275 cm³/mol. The van der Waals surface area contributed by atoms with Crippen molar-refractivity contribution in [3.8, 4) is 0 Å². The Morgan fingerprint density at radius 1 is 0.302 bits per heavy atom. The Kier molecular flexibility index (Phi) is 37.9. The number of unbranched alkanes of at least 4 members (excludes halogenated alkanes) is 22. The predicted octanol–water partition coefficient (Wildman–Crippen LogP) is 12.1. The molecule has 0 saturated heterocycles. The molecule has 2 atom stereocenters. The van der Waals surface area contributed by atoms with Crippen LogP contribution in [0.4, 0.5) is 0 Å². The number of hydrogen-bond acceptors (Lipinski definition) is 0. The molecule has 2 aromatic carbocycles. The summed E-state index contributed by atoms with van der Waals surface area (Å²) < 4.78 is 2.39. The molecule has 0 saturated carbocycles. The summed E-state index contributed by atoms with van der Waals surface area (Å²) in [6.45, 7) is 19.1. The fraction of sp³-hybridized carbons (Fsp3) is 0.797. The average Bonchev–Trinajstić information content (AvgIpc) is 3.19. The summed E-state index contributed by atoms with van der Waals surface area (Å²) >= 11 is 0. The van der Waals surface area contributed by atoms with Crippen molar-refractivity contribution < 1.29 is 42.9 Å². The van der Waals surface area contributed by atoms with Crippen LogP contribution < -0.4 is 34.0 Å². The molecule has 2 rings (SSSR count). The molecule has 4 heteroatoms. The maximum absolute atomic E-state index is 2.49. The van der Waals surface area contributed by atoms with Crippen molar-refractivity contribution >= 4 is 0 Å². The molecule has 0 spiro atoms. The number of quaternary nitrogens is 2. The summed E-state index contributed by atoms with van der Waals surface area (Å²) in [4.78, 5) is 0. The molecule has 2 nitrogen and oxygen atoms in total. The van der Waals surface area contributed by atoms with Gasteiger partial charge in [-0.15, -0.1) is 0 Å². The topological polar surface area (TPSA) is 0 Å². The van der Waals surface area contributed by atoms with Gasteiger partial charge in [0.25, 0.3) is 0 Å². The van der Waals surface area contributed by atoms with Gasteiger partial charge in [-0.2, -0.15) is 0 Å². The second-order valence-electron chi connectivity index (χ2n) is 22.0. The van der Waals surface area contributed by atoms with Crippen molar-refractivity contribution in [3.05, 3.63) is 69.8 Å². The van der Waals surface area contributed by atoms with Crippen molar-refractivity contribution in [2.24, 2.45) is 0 Å². The van der Waals surface area contributed by atoms with Crippen LogP contribution in [0.2, 0.25) is 0 Å². The third kappa shape index (κ3) is 32.6. The Bertz CT molecular complexity index is 1210. The lowest BCUT2D eigenvalue weighted by Gasteiger charge is -2.33. The number of hydrogen-bond donors (Lipinski definition) is 0. The fourth-order valence-electron chi connectivity index (χ4n) is 10.6. The number of halogens is 2. The van der Waals surface area contributed by atoms with Gasteiger partial charge >= 0.3 is 0 Å². The minimum atomic E-state index is 0. The molecule has 2 aromatic rings. The molecule has 2 unspecified atom stereocenters. The molecule has 0 aliphatic heterocycles. The standard InChI is InChI=1S/C59H108N2.2BrH/c1-11-13-15-17-19-25-31-38-56(58-48-52(3)46-53(4)49-58)40-33-27-21-23-29-35-42-60(7,8)44-37-45-61(9,10)43-36-30-24-22-28-34-41-57(39-32-26-20-18-16-14-12-2)59-50-54(5)47-55(6)51-59;;/h46-51,56-57H,11-45H2,1-10H3;2*1H/q+2;;/p-2. The summed E-state index contributed by atoms with van der Waals surface area (Å²) in [5, 5.41) is 0. The van der Waals surface area contributed by atoms with Crippen LogP contribution in [0.5, 0.6) is 0 Å². The van der Waals surface area contributed by atoms with E-state index in [1.165, 1.54) is 256 Å². The van der Waals surface area contributed by atoms with E-state index in [4.69, 9.17) is 0 Å². The van der Waals surface area contributed by atoms with E-state index in [0.29, 0.717) is 0 Å². The van der Waals surface area contributed by atoms with Gasteiger partial charge in [0.15, 0.2) is 0 Å². The lowest BCUT2D eigenvalue weighted by atomic mass is 9.86. The summed E-state index contributed by atoms with van der Waals surface area (Å²) in [7, 11) is 9.94. The van der Waals surface area contributed by atoms with E-state index in [-0.39, 0.29) is 34.0 Å². The van der Waals surface area contributed by atoms with E-state index in [1.54, 1.807) is 11.1 Å². The van der Waals surface area contributed by atoms with Crippen LogP contribution in [0.1, 0.15) is 258 Å². The van der Waals surface area contributed by atoms with Crippen LogP contribution in [0, 0.1) is 27.7 Å². The first-order valence-corrected chi connectivity index (χ1v) is 27.1. The Labute approximate surface area is 417 Å². The van der Waals surface area contributed by atoms with E-state index in [9.17, 15) is 0 Å². The fourth-order valence-corrected chi connectivity index (χ4v) is 10.6. The van der Waals surface area contributed by atoms with Crippen LogP contribution in [0.3, 0.4) is 0 Å². The molecule has 0 aliphatic carbocycles. The molecular weight excluding hydrogens is 896 g/mol. The first-order valence-electron chi connectivity index (χ1n) is 27.1. The molecule has 368 valence electrons. The van der Waals surface area contributed by atoms with Gasteiger partial charge < -0.3 is 42.9 Å². The lowest BCUT2D eigenvalue weighted by Crippen LogP contribution is -3.00. The van der Waals surface area contributed by atoms with Crippen molar-refractivity contribution in [3.63, 3.8) is 0 Å². The second-order valence-corrected chi connectivity index (χ2v) is 22.0. The van der Waals surface area contributed by atoms with Crippen molar-refractivity contribution in [2.45, 2.75) is 252 Å². The van der Waals surface area contributed by atoms with Crippen LogP contribution in [0.15, 0.2) is 36.4 Å². The molecule has 0 heterocycles. The minimum absolute atomic E-state index is 0. The largest absolute Gasteiger partial charge is 1.00 e. The van der Waals surface area contributed by atoms with Crippen molar-refractivity contribution in [1.82, 2.24) is 0 Å². The lowest BCUT2D eigenvalue weighted by molar-refractivity contribution is -0.909. The van der Waals surface area contributed by atoms with Crippen LogP contribution in [-0.2, 0) is 0 Å². The highest BCUT2D eigenvalue weighted by molar-refractivity contribution is 5.32.